The number of hydrogen-bond donors (Lipinski definition) is 0. The summed E-state index contributed by atoms with van der Waals surface area (Å²) < 4.78 is 18.5. The molecule has 0 bridgehead atoms. The SMILES string of the molecule is COc1ccc(C2=NN(C(C)=O)C(c3ccc(OCc4cn(Cc5ccc([N+](=O)[O-])cc5)nn4)c(OC)c3)C2)cc1. The van der Waals surface area contributed by atoms with Crippen LogP contribution in [-0.4, -0.2) is 50.8 Å². The summed E-state index contributed by atoms with van der Waals surface area (Å²) in [5, 5.41) is 25.2. The lowest BCUT2D eigenvalue weighted by Gasteiger charge is -2.21. The number of nitro groups is 1. The highest BCUT2D eigenvalue weighted by atomic mass is 16.6. The lowest BCUT2D eigenvalue weighted by Crippen LogP contribution is -2.24. The van der Waals surface area contributed by atoms with Crippen LogP contribution in [0.2, 0.25) is 0 Å². The zero-order valence-electron chi connectivity index (χ0n) is 22.8. The summed E-state index contributed by atoms with van der Waals surface area (Å²) in [5.74, 6) is 1.63. The minimum absolute atomic E-state index is 0.0357. The molecule has 2 heterocycles. The Labute approximate surface area is 235 Å². The van der Waals surface area contributed by atoms with Gasteiger partial charge in [0.2, 0.25) is 5.91 Å². The molecule has 41 heavy (non-hydrogen) atoms. The molecule has 3 aromatic carbocycles. The largest absolute Gasteiger partial charge is 0.497 e. The maximum absolute atomic E-state index is 12.4. The molecule has 210 valence electrons. The van der Waals surface area contributed by atoms with E-state index in [1.165, 1.54) is 24.1 Å². The molecule has 4 aromatic rings. The maximum atomic E-state index is 12.4. The topological polar surface area (TPSA) is 134 Å². The minimum Gasteiger partial charge on any atom is -0.497 e. The predicted octanol–water partition coefficient (Wildman–Crippen LogP) is 4.53. The van der Waals surface area contributed by atoms with Gasteiger partial charge in [-0.1, -0.05) is 23.4 Å². The van der Waals surface area contributed by atoms with Crippen LogP contribution < -0.4 is 14.2 Å². The molecule has 1 aromatic heterocycles. The van der Waals surface area contributed by atoms with E-state index in [0.717, 1.165) is 28.2 Å². The first-order chi connectivity index (χ1) is 19.8. The van der Waals surface area contributed by atoms with Crippen LogP contribution in [0.4, 0.5) is 5.69 Å². The van der Waals surface area contributed by atoms with E-state index in [-0.39, 0.29) is 24.2 Å². The molecule has 1 aliphatic heterocycles. The van der Waals surface area contributed by atoms with Crippen molar-refractivity contribution in [2.45, 2.75) is 32.5 Å². The van der Waals surface area contributed by atoms with Crippen LogP contribution in [0.25, 0.3) is 0 Å². The average molecular weight is 557 g/mol. The Kier molecular flexibility index (Phi) is 7.90. The number of benzene rings is 3. The van der Waals surface area contributed by atoms with Crippen molar-refractivity contribution < 1.29 is 23.9 Å². The van der Waals surface area contributed by atoms with Gasteiger partial charge in [-0.05, 0) is 53.1 Å². The van der Waals surface area contributed by atoms with Gasteiger partial charge in [-0.3, -0.25) is 14.9 Å². The Morgan fingerprint density at radius 3 is 2.44 bits per heavy atom. The van der Waals surface area contributed by atoms with E-state index in [9.17, 15) is 14.9 Å². The fourth-order valence-electron chi connectivity index (χ4n) is 4.57. The molecule has 0 aliphatic carbocycles. The van der Waals surface area contributed by atoms with E-state index in [0.29, 0.717) is 30.2 Å². The first kappa shape index (κ1) is 27.3. The van der Waals surface area contributed by atoms with Crippen LogP contribution in [0.15, 0.2) is 78.0 Å². The van der Waals surface area contributed by atoms with E-state index in [2.05, 4.69) is 15.4 Å². The molecule has 1 atom stereocenters. The number of hydrazone groups is 1. The van der Waals surface area contributed by atoms with E-state index in [1.54, 1.807) is 43.3 Å². The van der Waals surface area contributed by atoms with Crippen LogP contribution in [0.3, 0.4) is 0 Å². The van der Waals surface area contributed by atoms with Crippen molar-refractivity contribution in [2.24, 2.45) is 5.10 Å². The lowest BCUT2D eigenvalue weighted by atomic mass is 9.98. The minimum atomic E-state index is -0.434. The Morgan fingerprint density at radius 1 is 1.02 bits per heavy atom. The second-order valence-electron chi connectivity index (χ2n) is 9.39. The molecule has 1 amide bonds. The van der Waals surface area contributed by atoms with E-state index >= 15 is 0 Å². The van der Waals surface area contributed by atoms with Crippen molar-refractivity contribution in [2.75, 3.05) is 14.2 Å². The van der Waals surface area contributed by atoms with E-state index in [1.807, 2.05) is 36.4 Å². The monoisotopic (exact) mass is 556 g/mol. The highest BCUT2D eigenvalue weighted by Crippen LogP contribution is 2.37. The summed E-state index contributed by atoms with van der Waals surface area (Å²) in [4.78, 5) is 22.9. The van der Waals surface area contributed by atoms with Gasteiger partial charge in [-0.25, -0.2) is 9.69 Å². The number of nitrogens with zero attached hydrogens (tertiary/aromatic N) is 6. The van der Waals surface area contributed by atoms with E-state index < -0.39 is 4.92 Å². The van der Waals surface area contributed by atoms with Crippen molar-refractivity contribution >= 4 is 17.3 Å². The fourth-order valence-corrected chi connectivity index (χ4v) is 4.57. The predicted molar refractivity (Wildman–Crippen MR) is 149 cm³/mol. The second kappa shape index (κ2) is 11.9. The molecule has 0 N–H and O–H groups in total. The Morgan fingerprint density at radius 2 is 1.78 bits per heavy atom. The molecule has 0 radical (unpaired) electrons. The van der Waals surface area contributed by atoms with Gasteiger partial charge in [0.15, 0.2) is 11.5 Å². The summed E-state index contributed by atoms with van der Waals surface area (Å²) >= 11 is 0. The molecule has 5 rings (SSSR count). The summed E-state index contributed by atoms with van der Waals surface area (Å²) in [5.41, 5.74) is 4.10. The highest BCUT2D eigenvalue weighted by molar-refractivity contribution is 6.03. The number of hydrogen-bond acceptors (Lipinski definition) is 9. The molecule has 0 saturated heterocycles. The van der Waals surface area contributed by atoms with Crippen LogP contribution >= 0.6 is 0 Å². The smallest absolute Gasteiger partial charge is 0.269 e. The number of ether oxygens (including phenoxy) is 3. The number of non-ortho nitro benzene ring substituents is 1. The van der Waals surface area contributed by atoms with E-state index in [4.69, 9.17) is 14.2 Å². The van der Waals surface area contributed by atoms with Gasteiger partial charge in [0.05, 0.1) is 43.6 Å². The van der Waals surface area contributed by atoms with Crippen molar-refractivity contribution in [3.63, 3.8) is 0 Å². The van der Waals surface area contributed by atoms with Crippen molar-refractivity contribution in [3.8, 4) is 17.2 Å². The first-order valence-corrected chi connectivity index (χ1v) is 12.8. The Bertz CT molecular complexity index is 1580. The summed E-state index contributed by atoms with van der Waals surface area (Å²) in [6, 6.07) is 19.2. The van der Waals surface area contributed by atoms with Gasteiger partial charge in [-0.15, -0.1) is 5.10 Å². The molecular weight excluding hydrogens is 528 g/mol. The summed E-state index contributed by atoms with van der Waals surface area (Å²) in [7, 11) is 3.17. The third-order valence-electron chi connectivity index (χ3n) is 6.68. The maximum Gasteiger partial charge on any atom is 0.269 e. The molecule has 12 heteroatoms. The first-order valence-electron chi connectivity index (χ1n) is 12.8. The average Bonchev–Trinajstić information content (AvgIpc) is 3.64. The molecular formula is C29H28N6O6. The highest BCUT2D eigenvalue weighted by Gasteiger charge is 2.32. The summed E-state index contributed by atoms with van der Waals surface area (Å²) in [6.07, 6.45) is 2.30. The van der Waals surface area contributed by atoms with Crippen molar-refractivity contribution in [3.05, 3.63) is 105 Å². The van der Waals surface area contributed by atoms with Crippen LogP contribution in [0.1, 0.15) is 41.8 Å². The quantitative estimate of drug-likeness (QED) is 0.205. The van der Waals surface area contributed by atoms with Gasteiger partial charge >= 0.3 is 0 Å². The third-order valence-corrected chi connectivity index (χ3v) is 6.68. The number of methoxy groups -OCH3 is 2. The molecule has 1 aliphatic rings. The molecule has 0 fully saturated rings. The number of rotatable bonds is 10. The zero-order valence-corrected chi connectivity index (χ0v) is 22.8. The Hall–Kier alpha value is -5.26. The Balaban J connectivity index is 1.25. The molecule has 0 spiro atoms. The molecule has 1 unspecified atom stereocenters. The van der Waals surface area contributed by atoms with Crippen molar-refractivity contribution in [1.29, 1.82) is 0 Å². The zero-order chi connectivity index (χ0) is 28.9. The normalized spacial score (nSPS) is 14.5. The van der Waals surface area contributed by atoms with Crippen LogP contribution in [-0.2, 0) is 17.9 Å². The number of carbonyl (C=O) groups is 1. The van der Waals surface area contributed by atoms with Crippen LogP contribution in [0.5, 0.6) is 17.2 Å². The van der Waals surface area contributed by atoms with Gasteiger partial charge in [0, 0.05) is 25.5 Å². The molecule has 0 saturated carbocycles. The number of carbonyl (C=O) groups excluding carboxylic acids is 1. The van der Waals surface area contributed by atoms with Crippen LogP contribution in [0, 0.1) is 10.1 Å². The number of aromatic nitrogens is 3. The second-order valence-corrected chi connectivity index (χ2v) is 9.39. The fraction of sp³-hybridized carbons (Fsp3) is 0.241. The standard InChI is InChI=1S/C29H28N6O6/c1-19(36)34-27(15-26(31-34)21-6-11-25(39-2)12-7-21)22-8-13-28(29(14-22)40-3)41-18-23-17-33(32-30-23)16-20-4-9-24(10-5-20)35(37)38/h4-14,17,27H,15-16,18H2,1-3H3. The number of amides is 1. The van der Waals surface area contributed by atoms with Gasteiger partial charge in [0.1, 0.15) is 18.1 Å². The van der Waals surface area contributed by atoms with Gasteiger partial charge < -0.3 is 14.2 Å². The summed E-state index contributed by atoms with van der Waals surface area (Å²) in [6.45, 7) is 2.07. The molecule has 12 nitrogen and oxygen atoms in total. The van der Waals surface area contributed by atoms with Crippen molar-refractivity contribution in [1.82, 2.24) is 20.0 Å². The van der Waals surface area contributed by atoms with Gasteiger partial charge in [0.25, 0.3) is 5.69 Å². The third kappa shape index (κ3) is 6.16. The lowest BCUT2D eigenvalue weighted by molar-refractivity contribution is -0.384. The van der Waals surface area contributed by atoms with Gasteiger partial charge in [-0.2, -0.15) is 5.10 Å². The number of nitro benzene ring substituents is 1.